The Morgan fingerprint density at radius 1 is 1.09 bits per heavy atom. The molecule has 3 rings (SSSR count). The van der Waals surface area contributed by atoms with Gasteiger partial charge in [-0.1, -0.05) is 44.9 Å². The van der Waals surface area contributed by atoms with E-state index in [1.54, 1.807) is 11.9 Å². The van der Waals surface area contributed by atoms with Gasteiger partial charge < -0.3 is 4.57 Å². The molecule has 4 heteroatoms. The van der Waals surface area contributed by atoms with Gasteiger partial charge in [-0.15, -0.1) is 0 Å². The van der Waals surface area contributed by atoms with Crippen molar-refractivity contribution in [3.8, 4) is 5.69 Å². The fourth-order valence-corrected chi connectivity index (χ4v) is 3.31. The molecule has 0 saturated heterocycles. The van der Waals surface area contributed by atoms with Crippen molar-refractivity contribution in [1.29, 1.82) is 0 Å². The average molecular weight is 325 g/mol. The first-order valence-corrected chi connectivity index (χ1v) is 8.93. The molecule has 0 aliphatic carbocycles. The molecular formula is C19H23N3S. The van der Waals surface area contributed by atoms with E-state index in [9.17, 15) is 0 Å². The Bertz CT molecular complexity index is 762. The van der Waals surface area contributed by atoms with Crippen molar-refractivity contribution in [2.45, 2.75) is 31.9 Å². The Kier molecular flexibility index (Phi) is 5.03. The van der Waals surface area contributed by atoms with Crippen molar-refractivity contribution in [2.24, 2.45) is 0 Å². The first-order chi connectivity index (χ1) is 11.1. The second kappa shape index (κ2) is 7.20. The molecule has 1 N–H and O–H groups in total. The normalized spacial score (nSPS) is 12.9. The highest BCUT2D eigenvalue weighted by Crippen LogP contribution is 2.22. The fourth-order valence-electron chi connectivity index (χ4n) is 2.63. The van der Waals surface area contributed by atoms with Gasteiger partial charge in [0.15, 0.2) is 0 Å². The predicted molar refractivity (Wildman–Crippen MR) is 100 cm³/mol. The number of nitrogens with zero attached hydrogens (tertiary/aromatic N) is 2. The van der Waals surface area contributed by atoms with Crippen LogP contribution in [0.4, 0.5) is 0 Å². The van der Waals surface area contributed by atoms with Gasteiger partial charge in [0.25, 0.3) is 0 Å². The second-order valence-electron chi connectivity index (χ2n) is 6.13. The van der Waals surface area contributed by atoms with Gasteiger partial charge in [-0.25, -0.2) is 0 Å². The van der Waals surface area contributed by atoms with Crippen LogP contribution in [0, 0.1) is 0 Å². The summed E-state index contributed by atoms with van der Waals surface area (Å²) < 4.78 is 5.66. The topological polar surface area (TPSA) is 29.9 Å². The molecule has 0 bridgehead atoms. The maximum atomic E-state index is 4.18. The quantitative estimate of drug-likeness (QED) is 0.662. The van der Waals surface area contributed by atoms with Crippen molar-refractivity contribution in [2.75, 3.05) is 6.54 Å². The molecule has 1 unspecified atom stereocenters. The zero-order valence-corrected chi connectivity index (χ0v) is 14.7. The van der Waals surface area contributed by atoms with E-state index in [0.29, 0.717) is 11.2 Å². The zero-order valence-electron chi connectivity index (χ0n) is 13.9. The van der Waals surface area contributed by atoms with Crippen molar-refractivity contribution >= 4 is 22.9 Å². The van der Waals surface area contributed by atoms with Gasteiger partial charge >= 0.3 is 0 Å². The summed E-state index contributed by atoms with van der Waals surface area (Å²) in [5.74, 6) is 0.501. The summed E-state index contributed by atoms with van der Waals surface area (Å²) in [4.78, 5) is 4.18. The second-order valence-corrected chi connectivity index (χ2v) is 7.60. The van der Waals surface area contributed by atoms with Gasteiger partial charge in [0, 0.05) is 41.5 Å². The van der Waals surface area contributed by atoms with Crippen LogP contribution in [0.3, 0.4) is 0 Å². The fraction of sp³-hybridized carbons (Fsp3) is 0.316. The number of nitrogens with one attached hydrogen (secondary N) is 1. The van der Waals surface area contributed by atoms with Crippen LogP contribution in [0.5, 0.6) is 0 Å². The lowest BCUT2D eigenvalue weighted by molar-refractivity contribution is 0.739. The summed E-state index contributed by atoms with van der Waals surface area (Å²) in [6.45, 7) is 7.65. The minimum Gasteiger partial charge on any atom is -0.316 e. The van der Waals surface area contributed by atoms with E-state index in [2.05, 4.69) is 77.6 Å². The minimum absolute atomic E-state index is 0.501. The Hall–Kier alpha value is -1.78. The van der Waals surface area contributed by atoms with Gasteiger partial charge in [-0.3, -0.25) is 9.71 Å². The van der Waals surface area contributed by atoms with Crippen LogP contribution < -0.4 is 4.72 Å². The number of rotatable bonds is 6. The molecule has 3 aromatic rings. The van der Waals surface area contributed by atoms with Crippen molar-refractivity contribution in [3.05, 3.63) is 60.6 Å². The summed E-state index contributed by atoms with van der Waals surface area (Å²) in [7, 11) is 0. The molecule has 120 valence electrons. The Labute approximate surface area is 142 Å². The smallest absolute Gasteiger partial charge is 0.0559 e. The average Bonchev–Trinajstić information content (AvgIpc) is 2.98. The number of hydrogen-bond donors (Lipinski definition) is 1. The third-order valence-electron chi connectivity index (χ3n) is 3.94. The summed E-state index contributed by atoms with van der Waals surface area (Å²) in [5, 5.41) is 1.78. The molecule has 0 aliphatic heterocycles. The van der Waals surface area contributed by atoms with Gasteiger partial charge in [0.2, 0.25) is 0 Å². The van der Waals surface area contributed by atoms with E-state index in [1.165, 1.54) is 22.2 Å². The summed E-state index contributed by atoms with van der Waals surface area (Å²) >= 11 is 1.80. The van der Waals surface area contributed by atoms with E-state index in [-0.39, 0.29) is 0 Å². The highest BCUT2D eigenvalue weighted by Gasteiger charge is 2.07. The Balaban J connectivity index is 1.74. The number of pyridine rings is 1. The lowest BCUT2D eigenvalue weighted by Gasteiger charge is -2.15. The molecule has 0 amide bonds. The first kappa shape index (κ1) is 16.1. The van der Waals surface area contributed by atoms with E-state index < -0.39 is 0 Å². The maximum Gasteiger partial charge on any atom is 0.0559 e. The van der Waals surface area contributed by atoms with Crippen LogP contribution in [-0.2, 0) is 0 Å². The molecule has 23 heavy (non-hydrogen) atoms. The maximum absolute atomic E-state index is 4.18. The van der Waals surface area contributed by atoms with Crippen LogP contribution >= 0.6 is 11.9 Å². The SMILES string of the molecule is CC(C)SNCC(C)c1ccc(-n2ccc3cnccc32)cc1. The van der Waals surface area contributed by atoms with Crippen LogP contribution in [0.2, 0.25) is 0 Å². The predicted octanol–water partition coefficient (Wildman–Crippen LogP) is 4.78. The monoisotopic (exact) mass is 325 g/mol. The molecule has 3 nitrogen and oxygen atoms in total. The summed E-state index contributed by atoms with van der Waals surface area (Å²) in [6.07, 6.45) is 5.85. The number of hydrogen-bond acceptors (Lipinski definition) is 3. The standard InChI is InChI=1S/C19H23N3S/c1-14(2)23-21-12-15(3)16-4-6-18(7-5-16)22-11-9-17-13-20-10-8-19(17)22/h4-11,13-15,21H,12H2,1-3H3. The third-order valence-corrected chi connectivity index (χ3v) is 4.74. The lowest BCUT2D eigenvalue weighted by Crippen LogP contribution is -2.15. The highest BCUT2D eigenvalue weighted by atomic mass is 32.2. The molecular weight excluding hydrogens is 302 g/mol. The number of fused-ring (bicyclic) bond motifs is 1. The molecule has 0 spiro atoms. The number of aromatic nitrogens is 2. The van der Waals surface area contributed by atoms with Crippen molar-refractivity contribution in [1.82, 2.24) is 14.3 Å². The van der Waals surface area contributed by atoms with Crippen LogP contribution in [0.15, 0.2) is 55.0 Å². The first-order valence-electron chi connectivity index (χ1n) is 8.05. The van der Waals surface area contributed by atoms with E-state index >= 15 is 0 Å². The zero-order chi connectivity index (χ0) is 16.2. The highest BCUT2D eigenvalue weighted by molar-refractivity contribution is 7.97. The van der Waals surface area contributed by atoms with E-state index in [4.69, 9.17) is 0 Å². The van der Waals surface area contributed by atoms with Gasteiger partial charge in [0.05, 0.1) is 5.52 Å². The largest absolute Gasteiger partial charge is 0.316 e. The third kappa shape index (κ3) is 3.77. The summed E-state index contributed by atoms with van der Waals surface area (Å²) in [6, 6.07) is 13.0. The van der Waals surface area contributed by atoms with Crippen molar-refractivity contribution < 1.29 is 0 Å². The van der Waals surface area contributed by atoms with Gasteiger partial charge in [0.1, 0.15) is 0 Å². The van der Waals surface area contributed by atoms with Crippen LogP contribution in [0.1, 0.15) is 32.3 Å². The minimum atomic E-state index is 0.501. The molecule has 1 aromatic carbocycles. The van der Waals surface area contributed by atoms with Gasteiger partial charge in [-0.2, -0.15) is 0 Å². The van der Waals surface area contributed by atoms with Crippen LogP contribution in [0.25, 0.3) is 16.6 Å². The van der Waals surface area contributed by atoms with Crippen LogP contribution in [-0.4, -0.2) is 21.3 Å². The molecule has 1 atom stereocenters. The summed E-state index contributed by atoms with van der Waals surface area (Å²) in [5.41, 5.74) is 3.74. The van der Waals surface area contributed by atoms with Gasteiger partial charge in [-0.05, 0) is 35.7 Å². The van der Waals surface area contributed by atoms with E-state index in [0.717, 1.165) is 6.54 Å². The molecule has 0 saturated carbocycles. The molecule has 0 aliphatic rings. The molecule has 0 radical (unpaired) electrons. The Morgan fingerprint density at radius 3 is 2.61 bits per heavy atom. The molecule has 2 heterocycles. The molecule has 2 aromatic heterocycles. The van der Waals surface area contributed by atoms with Crippen molar-refractivity contribution in [3.63, 3.8) is 0 Å². The van der Waals surface area contributed by atoms with E-state index in [1.807, 2.05) is 12.4 Å². The Morgan fingerprint density at radius 2 is 1.87 bits per heavy atom. The molecule has 0 fully saturated rings. The number of benzene rings is 1. The lowest BCUT2D eigenvalue weighted by atomic mass is 10.0.